The highest BCUT2D eigenvalue weighted by Gasteiger charge is 2.48. The van der Waals surface area contributed by atoms with Gasteiger partial charge in [-0.05, 0) is 48.4 Å². The topological polar surface area (TPSA) is 109 Å². The van der Waals surface area contributed by atoms with E-state index >= 15 is 0 Å². The van der Waals surface area contributed by atoms with Crippen molar-refractivity contribution in [2.75, 3.05) is 37.0 Å². The van der Waals surface area contributed by atoms with E-state index in [9.17, 15) is 5.11 Å². The molecule has 4 heterocycles. The maximum atomic E-state index is 10.0. The van der Waals surface area contributed by atoms with Crippen LogP contribution in [0.2, 0.25) is 5.02 Å². The highest BCUT2D eigenvalue weighted by Crippen LogP contribution is 2.44. The number of nitrogens with one attached hydrogen (secondary N) is 1. The van der Waals surface area contributed by atoms with Gasteiger partial charge < -0.3 is 25.8 Å². The standard InChI is InChI=1S/C20H26ClIN6O2S/c1-11-19(31-13-3-6-25-17(24-2)14(13)21)27-12(9-29)18(26-11)28-7-4-20(5-8-28)10-30-16(22)15(20)23/h3,6,15-16,29H,4-5,7-10,23H2,1-2H3,(H,24,25)/t15-,16-/m1/s1. The zero-order chi connectivity index (χ0) is 22.2. The van der Waals surface area contributed by atoms with Crippen molar-refractivity contribution in [2.24, 2.45) is 11.1 Å². The summed E-state index contributed by atoms with van der Waals surface area (Å²) >= 11 is 10.2. The smallest absolute Gasteiger partial charge is 0.153 e. The van der Waals surface area contributed by atoms with Crippen molar-refractivity contribution in [3.8, 4) is 0 Å². The van der Waals surface area contributed by atoms with Crippen LogP contribution in [0.5, 0.6) is 0 Å². The largest absolute Gasteiger partial charge is 0.390 e. The van der Waals surface area contributed by atoms with Crippen molar-refractivity contribution in [3.05, 3.63) is 28.7 Å². The molecule has 4 N–H and O–H groups in total. The average Bonchev–Trinajstić information content (AvgIpc) is 3.05. The number of piperidine rings is 1. The number of hydrogen-bond acceptors (Lipinski definition) is 9. The molecule has 0 bridgehead atoms. The van der Waals surface area contributed by atoms with Crippen LogP contribution in [0.15, 0.2) is 22.2 Å². The SMILES string of the molecule is CNc1nccc(Sc2nc(CO)c(N3CCC4(CC3)CO[C@@H](I)[C@H]4N)nc2C)c1Cl. The van der Waals surface area contributed by atoms with E-state index in [1.807, 2.05) is 13.0 Å². The van der Waals surface area contributed by atoms with Gasteiger partial charge in [0.1, 0.15) is 20.6 Å². The van der Waals surface area contributed by atoms with Crippen LogP contribution in [-0.4, -0.2) is 57.0 Å². The van der Waals surface area contributed by atoms with Crippen LogP contribution in [0.1, 0.15) is 24.2 Å². The molecule has 31 heavy (non-hydrogen) atoms. The molecule has 0 radical (unpaired) electrons. The van der Waals surface area contributed by atoms with Gasteiger partial charge in [0.15, 0.2) is 5.82 Å². The predicted octanol–water partition coefficient (Wildman–Crippen LogP) is 3.22. The first kappa shape index (κ1) is 23.2. The van der Waals surface area contributed by atoms with E-state index in [1.54, 1.807) is 13.2 Å². The molecule has 2 fully saturated rings. The number of hydrogen-bond donors (Lipinski definition) is 3. The zero-order valence-electron chi connectivity index (χ0n) is 17.4. The Morgan fingerprint density at radius 3 is 2.77 bits per heavy atom. The lowest BCUT2D eigenvalue weighted by atomic mass is 9.75. The zero-order valence-corrected chi connectivity index (χ0v) is 21.2. The van der Waals surface area contributed by atoms with Crippen LogP contribution in [-0.2, 0) is 11.3 Å². The number of ether oxygens (including phenoxy) is 1. The van der Waals surface area contributed by atoms with Crippen molar-refractivity contribution in [2.45, 2.75) is 46.4 Å². The fraction of sp³-hybridized carbons (Fsp3) is 0.550. The summed E-state index contributed by atoms with van der Waals surface area (Å²) in [6, 6.07) is 1.89. The van der Waals surface area contributed by atoms with Gasteiger partial charge in [-0.25, -0.2) is 15.0 Å². The average molecular weight is 577 g/mol. The monoisotopic (exact) mass is 576 g/mol. The molecule has 0 aromatic carbocycles. The minimum Gasteiger partial charge on any atom is -0.390 e. The lowest BCUT2D eigenvalue weighted by Gasteiger charge is -2.41. The first-order valence-corrected chi connectivity index (χ1v) is 12.6. The summed E-state index contributed by atoms with van der Waals surface area (Å²) in [5.74, 6) is 1.36. The first-order valence-electron chi connectivity index (χ1n) is 10.1. The van der Waals surface area contributed by atoms with Crippen LogP contribution >= 0.6 is 46.0 Å². The van der Waals surface area contributed by atoms with Gasteiger partial charge >= 0.3 is 0 Å². The Bertz CT molecular complexity index is 960. The third kappa shape index (κ3) is 4.47. The highest BCUT2D eigenvalue weighted by molar-refractivity contribution is 14.1. The molecule has 2 aromatic heterocycles. The second kappa shape index (κ2) is 9.52. The van der Waals surface area contributed by atoms with Gasteiger partial charge in [0, 0.05) is 42.7 Å². The summed E-state index contributed by atoms with van der Waals surface area (Å²) in [5.41, 5.74) is 7.83. The van der Waals surface area contributed by atoms with Gasteiger partial charge in [-0.2, -0.15) is 0 Å². The molecular formula is C20H26ClIN6O2S. The minimum absolute atomic E-state index is 0.0309. The quantitative estimate of drug-likeness (QED) is 0.365. The molecule has 2 saturated heterocycles. The summed E-state index contributed by atoms with van der Waals surface area (Å²) in [6.07, 6.45) is 3.58. The molecule has 0 amide bonds. The minimum atomic E-state index is -0.178. The van der Waals surface area contributed by atoms with Gasteiger partial charge in [-0.1, -0.05) is 23.4 Å². The molecule has 2 aliphatic rings. The Morgan fingerprint density at radius 2 is 2.16 bits per heavy atom. The predicted molar refractivity (Wildman–Crippen MR) is 131 cm³/mol. The van der Waals surface area contributed by atoms with Crippen LogP contribution in [0.4, 0.5) is 11.6 Å². The lowest BCUT2D eigenvalue weighted by molar-refractivity contribution is 0.127. The number of alkyl halides is 1. The van der Waals surface area contributed by atoms with Gasteiger partial charge in [-0.3, -0.25) is 0 Å². The number of aryl methyl sites for hydroxylation is 1. The third-order valence-electron chi connectivity index (χ3n) is 6.10. The van der Waals surface area contributed by atoms with Crippen LogP contribution in [0.25, 0.3) is 0 Å². The van der Waals surface area contributed by atoms with Gasteiger partial charge in [0.2, 0.25) is 0 Å². The normalized spacial score (nSPS) is 22.8. The second-order valence-electron chi connectivity index (χ2n) is 7.90. The molecule has 2 aliphatic heterocycles. The van der Waals surface area contributed by atoms with E-state index in [-0.39, 0.29) is 22.2 Å². The molecule has 168 valence electrons. The van der Waals surface area contributed by atoms with E-state index in [0.29, 0.717) is 23.1 Å². The third-order valence-corrected chi connectivity index (χ3v) is 8.87. The molecule has 0 unspecified atom stereocenters. The number of nitrogens with zero attached hydrogens (tertiary/aromatic N) is 4. The molecular weight excluding hydrogens is 551 g/mol. The maximum Gasteiger partial charge on any atom is 0.153 e. The summed E-state index contributed by atoms with van der Waals surface area (Å²) in [5, 5.41) is 14.3. The van der Waals surface area contributed by atoms with Crippen molar-refractivity contribution in [3.63, 3.8) is 0 Å². The van der Waals surface area contributed by atoms with Crippen molar-refractivity contribution in [1.29, 1.82) is 0 Å². The molecule has 11 heteroatoms. The molecule has 8 nitrogen and oxygen atoms in total. The van der Waals surface area contributed by atoms with E-state index in [0.717, 1.165) is 47.4 Å². The Hall–Kier alpha value is -0.920. The van der Waals surface area contributed by atoms with E-state index in [1.165, 1.54) is 11.8 Å². The van der Waals surface area contributed by atoms with E-state index < -0.39 is 0 Å². The highest BCUT2D eigenvalue weighted by atomic mass is 127. The van der Waals surface area contributed by atoms with E-state index in [4.69, 9.17) is 32.0 Å². The number of pyridine rings is 1. The maximum absolute atomic E-state index is 10.0. The Balaban J connectivity index is 1.55. The molecule has 2 aromatic rings. The number of anilines is 2. The van der Waals surface area contributed by atoms with Crippen LogP contribution in [0, 0.1) is 12.3 Å². The van der Waals surface area contributed by atoms with Crippen LogP contribution in [0.3, 0.4) is 0 Å². The van der Waals surface area contributed by atoms with E-state index in [2.05, 4.69) is 37.8 Å². The van der Waals surface area contributed by atoms with Crippen molar-refractivity contribution < 1.29 is 9.84 Å². The first-order chi connectivity index (χ1) is 14.9. The summed E-state index contributed by atoms with van der Waals surface area (Å²) in [6.45, 7) is 4.10. The molecule has 1 spiro atoms. The Morgan fingerprint density at radius 1 is 1.42 bits per heavy atom. The number of aromatic nitrogens is 3. The fourth-order valence-corrected chi connectivity index (χ4v) is 6.27. The number of halogens is 2. The molecule has 0 saturated carbocycles. The number of aliphatic hydroxyl groups is 1. The number of aliphatic hydroxyl groups excluding tert-OH is 1. The molecule has 4 rings (SSSR count). The molecule has 2 atom stereocenters. The van der Waals surface area contributed by atoms with Gasteiger partial charge in [0.25, 0.3) is 0 Å². The van der Waals surface area contributed by atoms with Gasteiger partial charge in [-0.15, -0.1) is 0 Å². The Labute approximate surface area is 204 Å². The number of nitrogens with two attached hydrogens (primary N) is 1. The summed E-state index contributed by atoms with van der Waals surface area (Å²) in [7, 11) is 1.78. The molecule has 0 aliphatic carbocycles. The number of rotatable bonds is 5. The fourth-order valence-electron chi connectivity index (χ4n) is 4.13. The van der Waals surface area contributed by atoms with Crippen LogP contribution < -0.4 is 16.0 Å². The van der Waals surface area contributed by atoms with Crippen molar-refractivity contribution >= 4 is 57.6 Å². The summed E-state index contributed by atoms with van der Waals surface area (Å²) < 4.78 is 5.88. The summed E-state index contributed by atoms with van der Waals surface area (Å²) in [4.78, 5) is 16.8. The second-order valence-corrected chi connectivity index (χ2v) is 10.5. The van der Waals surface area contributed by atoms with Crippen molar-refractivity contribution in [1.82, 2.24) is 15.0 Å². The lowest BCUT2D eigenvalue weighted by Crippen LogP contribution is -2.50. The van der Waals surface area contributed by atoms with Gasteiger partial charge in [0.05, 0.1) is 23.9 Å². The Kier molecular flexibility index (Phi) is 7.14.